The molecule has 1 spiro atoms. The average molecular weight is 462 g/mol. The predicted molar refractivity (Wildman–Crippen MR) is 125 cm³/mol. The third-order valence-corrected chi connectivity index (χ3v) is 6.74. The number of rotatable bonds is 3. The van der Waals surface area contributed by atoms with Gasteiger partial charge in [-0.15, -0.1) is 0 Å². The van der Waals surface area contributed by atoms with Crippen LogP contribution in [0.4, 0.5) is 0 Å². The van der Waals surface area contributed by atoms with Crippen LogP contribution in [0.3, 0.4) is 0 Å². The number of aryl methyl sites for hydroxylation is 1. The van der Waals surface area contributed by atoms with Crippen molar-refractivity contribution in [3.8, 4) is 0 Å². The van der Waals surface area contributed by atoms with E-state index in [1.807, 2.05) is 11.0 Å². The highest BCUT2D eigenvalue weighted by atomic mass is 16.5. The summed E-state index contributed by atoms with van der Waals surface area (Å²) >= 11 is 0. The molecule has 9 heteroatoms. The van der Waals surface area contributed by atoms with E-state index >= 15 is 0 Å². The molecule has 33 heavy (non-hydrogen) atoms. The number of hydrogen-bond donors (Lipinski definition) is 2. The van der Waals surface area contributed by atoms with E-state index in [9.17, 15) is 14.4 Å². The van der Waals surface area contributed by atoms with Crippen LogP contribution in [0.1, 0.15) is 69.1 Å². The monoisotopic (exact) mass is 461 g/mol. The number of carbonyl (C=O) groups is 3. The first kappa shape index (κ1) is 25.2. The van der Waals surface area contributed by atoms with Gasteiger partial charge < -0.3 is 20.3 Å². The largest absolute Gasteiger partial charge is 0.380 e. The first-order valence-corrected chi connectivity index (χ1v) is 12.2. The SMILES string of the molecule is CC(C)Cc1cc(C(=O)N2CCC3(CCCCOCCNC(=O)[C@H](C)NC3=O)CC2)n(C)n1. The van der Waals surface area contributed by atoms with Crippen molar-refractivity contribution in [3.63, 3.8) is 0 Å². The Morgan fingerprint density at radius 1 is 1.21 bits per heavy atom. The van der Waals surface area contributed by atoms with Gasteiger partial charge in [0.2, 0.25) is 11.8 Å². The molecule has 3 rings (SSSR count). The van der Waals surface area contributed by atoms with E-state index in [1.165, 1.54) is 0 Å². The molecule has 3 amide bonds. The molecule has 2 aliphatic rings. The lowest BCUT2D eigenvalue weighted by Gasteiger charge is -2.41. The van der Waals surface area contributed by atoms with Gasteiger partial charge in [-0.2, -0.15) is 5.10 Å². The number of likely N-dealkylation sites (tertiary alicyclic amines) is 1. The Balaban J connectivity index is 1.69. The van der Waals surface area contributed by atoms with Crippen molar-refractivity contribution in [2.45, 2.75) is 65.3 Å². The van der Waals surface area contributed by atoms with Crippen LogP contribution in [0.5, 0.6) is 0 Å². The van der Waals surface area contributed by atoms with Gasteiger partial charge in [0, 0.05) is 33.3 Å². The average Bonchev–Trinajstić information content (AvgIpc) is 3.13. The second kappa shape index (κ2) is 11.1. The van der Waals surface area contributed by atoms with E-state index < -0.39 is 11.5 Å². The Bertz CT molecular complexity index is 842. The maximum Gasteiger partial charge on any atom is 0.272 e. The second-order valence-corrected chi connectivity index (χ2v) is 9.87. The van der Waals surface area contributed by atoms with Crippen LogP contribution in [0.15, 0.2) is 6.07 Å². The molecule has 2 saturated heterocycles. The molecular formula is C24H39N5O4. The van der Waals surface area contributed by atoms with Crippen molar-refractivity contribution in [3.05, 3.63) is 17.5 Å². The zero-order chi connectivity index (χ0) is 24.0. The standard InChI is InChI=1S/C24H39N5O4/c1-17(2)15-19-16-20(28(4)27-19)22(31)29-11-8-24(9-12-29)7-5-6-13-33-14-10-25-21(30)18(3)26-23(24)32/h16-18H,5-15H2,1-4H3,(H,25,30)(H,26,32)/t18-/m0/s1. The number of ether oxygens (including phenoxy) is 1. The van der Waals surface area contributed by atoms with Gasteiger partial charge in [0.1, 0.15) is 11.7 Å². The molecule has 0 bridgehead atoms. The lowest BCUT2D eigenvalue weighted by atomic mass is 9.73. The molecule has 2 N–H and O–H groups in total. The highest BCUT2D eigenvalue weighted by Crippen LogP contribution is 2.37. The van der Waals surface area contributed by atoms with Gasteiger partial charge >= 0.3 is 0 Å². The predicted octanol–water partition coefficient (Wildman–Crippen LogP) is 1.66. The van der Waals surface area contributed by atoms with Crippen molar-refractivity contribution in [2.24, 2.45) is 18.4 Å². The van der Waals surface area contributed by atoms with Crippen LogP contribution >= 0.6 is 0 Å². The molecule has 0 radical (unpaired) electrons. The summed E-state index contributed by atoms with van der Waals surface area (Å²) in [5.41, 5.74) is 0.936. The minimum atomic E-state index is -0.608. The molecule has 0 aliphatic carbocycles. The third-order valence-electron chi connectivity index (χ3n) is 6.74. The molecule has 3 heterocycles. The lowest BCUT2D eigenvalue weighted by molar-refractivity contribution is -0.137. The molecule has 9 nitrogen and oxygen atoms in total. The summed E-state index contributed by atoms with van der Waals surface area (Å²) < 4.78 is 7.25. The zero-order valence-corrected chi connectivity index (χ0v) is 20.5. The summed E-state index contributed by atoms with van der Waals surface area (Å²) in [7, 11) is 1.81. The highest BCUT2D eigenvalue weighted by molar-refractivity contribution is 5.93. The quantitative estimate of drug-likeness (QED) is 0.712. The van der Waals surface area contributed by atoms with Crippen LogP contribution in [0, 0.1) is 11.3 Å². The van der Waals surface area contributed by atoms with Crippen molar-refractivity contribution in [1.29, 1.82) is 0 Å². The van der Waals surface area contributed by atoms with Crippen LogP contribution in [0.25, 0.3) is 0 Å². The van der Waals surface area contributed by atoms with E-state index in [0.717, 1.165) is 31.4 Å². The number of hydrogen-bond acceptors (Lipinski definition) is 5. The molecule has 2 aliphatic heterocycles. The van der Waals surface area contributed by atoms with E-state index in [1.54, 1.807) is 18.7 Å². The fourth-order valence-corrected chi connectivity index (χ4v) is 4.72. The van der Waals surface area contributed by atoms with Gasteiger partial charge in [-0.3, -0.25) is 19.1 Å². The topological polar surface area (TPSA) is 106 Å². The smallest absolute Gasteiger partial charge is 0.272 e. The molecule has 184 valence electrons. The summed E-state index contributed by atoms with van der Waals surface area (Å²) in [5.74, 6) is 0.136. The normalized spacial score (nSPS) is 22.8. The highest BCUT2D eigenvalue weighted by Gasteiger charge is 2.43. The fourth-order valence-electron chi connectivity index (χ4n) is 4.72. The molecular weight excluding hydrogens is 422 g/mol. The first-order chi connectivity index (χ1) is 15.7. The summed E-state index contributed by atoms with van der Waals surface area (Å²) in [5, 5.41) is 10.2. The molecule has 1 aromatic heterocycles. The van der Waals surface area contributed by atoms with Crippen LogP contribution in [-0.4, -0.2) is 71.3 Å². The van der Waals surface area contributed by atoms with Gasteiger partial charge in [0.05, 0.1) is 17.7 Å². The van der Waals surface area contributed by atoms with Gasteiger partial charge in [-0.05, 0) is 51.0 Å². The van der Waals surface area contributed by atoms with Gasteiger partial charge in [-0.1, -0.05) is 20.3 Å². The van der Waals surface area contributed by atoms with Gasteiger partial charge in [0.15, 0.2) is 0 Å². The number of piperidine rings is 1. The van der Waals surface area contributed by atoms with E-state index in [-0.39, 0.29) is 17.7 Å². The van der Waals surface area contributed by atoms with Crippen molar-refractivity contribution in [2.75, 3.05) is 32.8 Å². The number of amides is 3. The van der Waals surface area contributed by atoms with Crippen LogP contribution in [0.2, 0.25) is 0 Å². The van der Waals surface area contributed by atoms with E-state index in [2.05, 4.69) is 29.6 Å². The van der Waals surface area contributed by atoms with Gasteiger partial charge in [-0.25, -0.2) is 0 Å². The Morgan fingerprint density at radius 3 is 2.64 bits per heavy atom. The maximum atomic E-state index is 13.3. The van der Waals surface area contributed by atoms with E-state index in [0.29, 0.717) is 57.3 Å². The number of carbonyl (C=O) groups excluding carboxylic acids is 3. The van der Waals surface area contributed by atoms with Crippen molar-refractivity contribution in [1.82, 2.24) is 25.3 Å². The van der Waals surface area contributed by atoms with Crippen LogP contribution in [-0.2, 0) is 27.8 Å². The Hall–Kier alpha value is -2.42. The van der Waals surface area contributed by atoms with Crippen molar-refractivity contribution >= 4 is 17.7 Å². The molecule has 1 atom stereocenters. The molecule has 2 fully saturated rings. The lowest BCUT2D eigenvalue weighted by Crippen LogP contribution is -2.54. The second-order valence-electron chi connectivity index (χ2n) is 9.87. The minimum Gasteiger partial charge on any atom is -0.380 e. The maximum absolute atomic E-state index is 13.3. The van der Waals surface area contributed by atoms with Crippen molar-refractivity contribution < 1.29 is 19.1 Å². The minimum absolute atomic E-state index is 0.0407. The van der Waals surface area contributed by atoms with Gasteiger partial charge in [0.25, 0.3) is 5.91 Å². The summed E-state index contributed by atoms with van der Waals surface area (Å²) in [6, 6.07) is 1.28. The third kappa shape index (κ3) is 6.34. The fraction of sp³-hybridized carbons (Fsp3) is 0.750. The molecule has 0 saturated carbocycles. The molecule has 0 unspecified atom stereocenters. The Kier molecular flexibility index (Phi) is 8.51. The summed E-state index contributed by atoms with van der Waals surface area (Å²) in [6.07, 6.45) is 4.46. The molecule has 0 aromatic carbocycles. The zero-order valence-electron chi connectivity index (χ0n) is 20.5. The number of aromatic nitrogens is 2. The Morgan fingerprint density at radius 2 is 1.94 bits per heavy atom. The van der Waals surface area contributed by atoms with Crippen LogP contribution < -0.4 is 10.6 Å². The Labute approximate surface area is 196 Å². The molecule has 1 aromatic rings. The van der Waals surface area contributed by atoms with E-state index in [4.69, 9.17) is 4.74 Å². The summed E-state index contributed by atoms with van der Waals surface area (Å²) in [4.78, 5) is 40.6. The number of nitrogens with one attached hydrogen (secondary N) is 2. The summed E-state index contributed by atoms with van der Waals surface area (Å²) in [6.45, 7) is 8.51. The number of nitrogens with zero attached hydrogens (tertiary/aromatic N) is 3. The first-order valence-electron chi connectivity index (χ1n) is 12.2.